The zero-order chi connectivity index (χ0) is 11.5. The Labute approximate surface area is 96.3 Å². The molecule has 16 heavy (non-hydrogen) atoms. The van der Waals surface area contributed by atoms with Crippen LogP contribution in [0.25, 0.3) is 0 Å². The topological polar surface area (TPSA) is 17.3 Å². The lowest BCUT2D eigenvalue weighted by Crippen LogP contribution is -1.96. The molecule has 0 bridgehead atoms. The first-order chi connectivity index (χ1) is 7.68. The maximum Gasteiger partial charge on any atom is 0.0659 e. The molecule has 0 atom stereocenters. The largest absolute Gasteiger partial charge is 0.347 e. The maximum absolute atomic E-state index is 4.50. The van der Waals surface area contributed by atoms with Gasteiger partial charge in [-0.1, -0.05) is 18.2 Å². The van der Waals surface area contributed by atoms with Gasteiger partial charge in [0, 0.05) is 12.7 Å². The number of benzene rings is 1. The van der Waals surface area contributed by atoms with Crippen molar-refractivity contribution < 1.29 is 0 Å². The Morgan fingerprint density at radius 2 is 1.81 bits per heavy atom. The van der Waals surface area contributed by atoms with Crippen molar-refractivity contribution in [2.24, 2.45) is 12.0 Å². The van der Waals surface area contributed by atoms with Crippen LogP contribution in [0.5, 0.6) is 0 Å². The zero-order valence-electron chi connectivity index (χ0n) is 9.94. The molecule has 0 fully saturated rings. The molecule has 0 aliphatic heterocycles. The lowest BCUT2D eigenvalue weighted by atomic mass is 10.2. The smallest absolute Gasteiger partial charge is 0.0659 e. The fraction of sp³-hybridized carbons (Fsp3) is 0.214. The molecule has 1 aromatic carbocycles. The van der Waals surface area contributed by atoms with Crippen molar-refractivity contribution in [3.8, 4) is 0 Å². The number of aromatic nitrogens is 1. The zero-order valence-corrected chi connectivity index (χ0v) is 9.94. The van der Waals surface area contributed by atoms with Gasteiger partial charge in [-0.25, -0.2) is 0 Å². The van der Waals surface area contributed by atoms with Crippen LogP contribution in [0.15, 0.2) is 41.4 Å². The third-order valence-electron chi connectivity index (χ3n) is 2.86. The minimum Gasteiger partial charge on any atom is -0.347 e. The molecule has 1 aromatic heterocycles. The van der Waals surface area contributed by atoms with E-state index in [1.54, 1.807) is 0 Å². The Balaban J connectivity index is 2.28. The van der Waals surface area contributed by atoms with E-state index in [0.717, 1.165) is 11.4 Å². The van der Waals surface area contributed by atoms with Gasteiger partial charge < -0.3 is 4.57 Å². The van der Waals surface area contributed by atoms with Gasteiger partial charge >= 0.3 is 0 Å². The minimum absolute atomic E-state index is 1.03. The Bertz CT molecular complexity index is 521. The van der Waals surface area contributed by atoms with Gasteiger partial charge in [-0.05, 0) is 37.6 Å². The van der Waals surface area contributed by atoms with E-state index >= 15 is 0 Å². The molecule has 82 valence electrons. The third-order valence-corrected chi connectivity index (χ3v) is 2.86. The summed E-state index contributed by atoms with van der Waals surface area (Å²) in [7, 11) is 2.05. The standard InChI is InChI=1S/C14H16N2/c1-11-6-4-5-7-14(11)15-10-13-9-8-12(2)16(13)3/h4-10H,1-3H3. The predicted molar refractivity (Wildman–Crippen MR) is 68.6 cm³/mol. The summed E-state index contributed by atoms with van der Waals surface area (Å²) in [5.74, 6) is 0. The van der Waals surface area contributed by atoms with Crippen LogP contribution in [0.3, 0.4) is 0 Å². The van der Waals surface area contributed by atoms with Crippen molar-refractivity contribution in [2.75, 3.05) is 0 Å². The predicted octanol–water partition coefficient (Wildman–Crippen LogP) is 3.39. The first-order valence-corrected chi connectivity index (χ1v) is 5.40. The molecule has 0 unspecified atom stereocenters. The molecule has 0 saturated carbocycles. The van der Waals surface area contributed by atoms with E-state index in [2.05, 4.69) is 48.7 Å². The highest BCUT2D eigenvalue weighted by molar-refractivity contribution is 5.80. The van der Waals surface area contributed by atoms with E-state index in [1.807, 2.05) is 24.4 Å². The molecule has 0 aliphatic rings. The molecule has 0 aliphatic carbocycles. The summed E-state index contributed by atoms with van der Waals surface area (Å²) in [6.07, 6.45) is 1.91. The number of aryl methyl sites for hydroxylation is 2. The van der Waals surface area contributed by atoms with Gasteiger partial charge in [0.25, 0.3) is 0 Å². The molecule has 2 aromatic rings. The molecule has 0 saturated heterocycles. The van der Waals surface area contributed by atoms with E-state index in [0.29, 0.717) is 0 Å². The Morgan fingerprint density at radius 1 is 1.06 bits per heavy atom. The molecule has 2 rings (SSSR count). The molecule has 0 radical (unpaired) electrons. The van der Waals surface area contributed by atoms with Gasteiger partial charge in [0.05, 0.1) is 17.6 Å². The van der Waals surface area contributed by atoms with Crippen LogP contribution in [-0.4, -0.2) is 10.8 Å². The third kappa shape index (κ3) is 2.06. The van der Waals surface area contributed by atoms with Crippen molar-refractivity contribution in [1.82, 2.24) is 4.57 Å². The van der Waals surface area contributed by atoms with Gasteiger partial charge in [-0.2, -0.15) is 0 Å². The molecular formula is C14H16N2. The second-order valence-corrected chi connectivity index (χ2v) is 4.00. The van der Waals surface area contributed by atoms with Gasteiger partial charge in [-0.15, -0.1) is 0 Å². The molecule has 0 amide bonds. The first-order valence-electron chi connectivity index (χ1n) is 5.40. The lowest BCUT2D eigenvalue weighted by Gasteiger charge is -2.00. The van der Waals surface area contributed by atoms with Crippen LogP contribution in [0.1, 0.15) is 17.0 Å². The summed E-state index contributed by atoms with van der Waals surface area (Å²) in [6, 6.07) is 12.3. The minimum atomic E-state index is 1.03. The van der Waals surface area contributed by atoms with Gasteiger partial charge in [0.1, 0.15) is 0 Å². The Hall–Kier alpha value is -1.83. The summed E-state index contributed by atoms with van der Waals surface area (Å²) >= 11 is 0. The molecule has 1 heterocycles. The molecule has 2 heteroatoms. The van der Waals surface area contributed by atoms with Crippen LogP contribution in [0.2, 0.25) is 0 Å². The summed E-state index contributed by atoms with van der Waals surface area (Å²) in [6.45, 7) is 4.16. The molecule has 2 nitrogen and oxygen atoms in total. The van der Waals surface area contributed by atoms with Crippen molar-refractivity contribution in [2.45, 2.75) is 13.8 Å². The van der Waals surface area contributed by atoms with Crippen molar-refractivity contribution in [3.63, 3.8) is 0 Å². The Morgan fingerprint density at radius 3 is 2.44 bits per heavy atom. The fourth-order valence-corrected chi connectivity index (χ4v) is 1.61. The van der Waals surface area contributed by atoms with Crippen LogP contribution < -0.4 is 0 Å². The monoisotopic (exact) mass is 212 g/mol. The highest BCUT2D eigenvalue weighted by atomic mass is 15.0. The SMILES string of the molecule is Cc1ccccc1N=Cc1ccc(C)n1C. The quantitative estimate of drug-likeness (QED) is 0.679. The maximum atomic E-state index is 4.50. The number of para-hydroxylation sites is 1. The number of nitrogens with zero attached hydrogens (tertiary/aromatic N) is 2. The summed E-state index contributed by atoms with van der Waals surface area (Å²) < 4.78 is 2.13. The van der Waals surface area contributed by atoms with Crippen molar-refractivity contribution in [3.05, 3.63) is 53.3 Å². The van der Waals surface area contributed by atoms with E-state index in [-0.39, 0.29) is 0 Å². The van der Waals surface area contributed by atoms with Crippen LogP contribution in [-0.2, 0) is 7.05 Å². The molecular weight excluding hydrogens is 196 g/mol. The number of rotatable bonds is 2. The highest BCUT2D eigenvalue weighted by Gasteiger charge is 1.98. The van der Waals surface area contributed by atoms with Crippen LogP contribution >= 0.6 is 0 Å². The number of hydrogen-bond donors (Lipinski definition) is 0. The van der Waals surface area contributed by atoms with Crippen molar-refractivity contribution in [1.29, 1.82) is 0 Å². The fourth-order valence-electron chi connectivity index (χ4n) is 1.61. The van der Waals surface area contributed by atoms with E-state index < -0.39 is 0 Å². The van der Waals surface area contributed by atoms with Crippen LogP contribution in [0, 0.1) is 13.8 Å². The lowest BCUT2D eigenvalue weighted by molar-refractivity contribution is 0.874. The normalized spacial score (nSPS) is 11.2. The van der Waals surface area contributed by atoms with Gasteiger partial charge in [0.2, 0.25) is 0 Å². The van der Waals surface area contributed by atoms with E-state index in [9.17, 15) is 0 Å². The van der Waals surface area contributed by atoms with Gasteiger partial charge in [0.15, 0.2) is 0 Å². The number of hydrogen-bond acceptors (Lipinski definition) is 1. The van der Waals surface area contributed by atoms with E-state index in [1.165, 1.54) is 11.3 Å². The second kappa shape index (κ2) is 4.35. The first kappa shape index (κ1) is 10.7. The van der Waals surface area contributed by atoms with Gasteiger partial charge in [-0.3, -0.25) is 4.99 Å². The summed E-state index contributed by atoms with van der Waals surface area (Å²) in [5, 5.41) is 0. The average molecular weight is 212 g/mol. The van der Waals surface area contributed by atoms with Crippen LogP contribution in [0.4, 0.5) is 5.69 Å². The van der Waals surface area contributed by atoms with E-state index in [4.69, 9.17) is 0 Å². The molecule has 0 spiro atoms. The number of aliphatic imine (C=N–C) groups is 1. The second-order valence-electron chi connectivity index (χ2n) is 4.00. The summed E-state index contributed by atoms with van der Waals surface area (Å²) in [4.78, 5) is 4.50. The average Bonchev–Trinajstić information content (AvgIpc) is 2.59. The highest BCUT2D eigenvalue weighted by Crippen LogP contribution is 2.17. The van der Waals surface area contributed by atoms with Crippen molar-refractivity contribution >= 4 is 11.9 Å². The Kier molecular flexibility index (Phi) is 2.91. The summed E-state index contributed by atoms with van der Waals surface area (Å²) in [5.41, 5.74) is 4.60. The molecule has 0 N–H and O–H groups in total.